The first-order valence-electron chi connectivity index (χ1n) is 11.4. The van der Waals surface area contributed by atoms with E-state index in [9.17, 15) is 9.18 Å². The minimum Gasteiger partial charge on any atom is -0.368 e. The van der Waals surface area contributed by atoms with E-state index >= 15 is 0 Å². The normalized spacial score (nSPS) is 20.6. The van der Waals surface area contributed by atoms with Gasteiger partial charge in [0.05, 0.1) is 11.7 Å². The van der Waals surface area contributed by atoms with Crippen molar-refractivity contribution in [1.29, 1.82) is 0 Å². The zero-order valence-corrected chi connectivity index (χ0v) is 18.3. The summed E-state index contributed by atoms with van der Waals surface area (Å²) in [6.45, 7) is 1.29. The quantitative estimate of drug-likeness (QED) is 0.613. The number of nitrogens with one attached hydrogen (secondary N) is 1. The van der Waals surface area contributed by atoms with Crippen LogP contribution in [-0.2, 0) is 9.53 Å². The van der Waals surface area contributed by atoms with E-state index < -0.39 is 0 Å². The maximum atomic E-state index is 13.7. The smallest absolute Gasteiger partial charge is 0.252 e. The third-order valence-electron chi connectivity index (χ3n) is 6.09. The fourth-order valence-corrected chi connectivity index (χ4v) is 4.48. The topological polar surface area (TPSA) is 80.2 Å². The van der Waals surface area contributed by atoms with E-state index in [1.54, 1.807) is 24.5 Å². The molecule has 7 nitrogen and oxygen atoms in total. The van der Waals surface area contributed by atoms with E-state index in [1.165, 1.54) is 12.1 Å². The predicted octanol–water partition coefficient (Wildman–Crippen LogP) is 4.65. The van der Waals surface area contributed by atoms with Crippen LogP contribution in [-0.4, -0.2) is 45.0 Å². The summed E-state index contributed by atoms with van der Waals surface area (Å²) in [6.07, 6.45) is 7.47. The Bertz CT molecular complexity index is 1120. The van der Waals surface area contributed by atoms with E-state index in [2.05, 4.69) is 10.3 Å². The van der Waals surface area contributed by atoms with Crippen LogP contribution in [0.4, 0.5) is 15.9 Å². The highest BCUT2D eigenvalue weighted by Gasteiger charge is 2.36. The molecular formula is C25H26FN5O2. The number of likely N-dealkylation sites (tertiary alicyclic amines) is 1. The lowest BCUT2D eigenvalue weighted by Gasteiger charge is -2.36. The average molecular weight is 448 g/mol. The van der Waals surface area contributed by atoms with Crippen LogP contribution in [0.2, 0.25) is 0 Å². The molecule has 5 rings (SSSR count). The van der Waals surface area contributed by atoms with Crippen LogP contribution in [0, 0.1) is 5.82 Å². The Morgan fingerprint density at radius 3 is 2.82 bits per heavy atom. The Hall–Kier alpha value is -3.39. The van der Waals surface area contributed by atoms with Crippen molar-refractivity contribution in [2.45, 2.75) is 44.2 Å². The molecule has 0 saturated carbocycles. The third-order valence-corrected chi connectivity index (χ3v) is 6.09. The van der Waals surface area contributed by atoms with Gasteiger partial charge in [-0.3, -0.25) is 9.78 Å². The SMILES string of the molecule is O=C([C@H]1CCCO1)N1CCCC[C@H]1c1nc(Nc2cccc(F)c2)cc(-c2cccnc2)n1. The summed E-state index contributed by atoms with van der Waals surface area (Å²) < 4.78 is 19.4. The maximum absolute atomic E-state index is 13.7. The number of ether oxygens (including phenoxy) is 1. The van der Waals surface area contributed by atoms with Gasteiger partial charge in [0, 0.05) is 42.9 Å². The molecule has 0 spiro atoms. The second-order valence-electron chi connectivity index (χ2n) is 8.42. The molecule has 1 amide bonds. The molecule has 2 saturated heterocycles. The molecule has 33 heavy (non-hydrogen) atoms. The number of aromatic nitrogens is 3. The summed E-state index contributed by atoms with van der Waals surface area (Å²) in [4.78, 5) is 28.9. The summed E-state index contributed by atoms with van der Waals surface area (Å²) in [5, 5.41) is 3.19. The minimum absolute atomic E-state index is 0.0206. The fourth-order valence-electron chi connectivity index (χ4n) is 4.48. The standard InChI is InChI=1S/C25H26FN5O2/c26-18-7-3-8-19(14-18)28-23-15-20(17-6-4-11-27-16-17)29-24(30-23)21-9-1-2-12-31(21)25(32)22-10-5-13-33-22/h3-4,6-8,11,14-16,21-22H,1-2,5,9-10,12-13H2,(H,28,29,30)/t21-,22+/m0/s1. The van der Waals surface area contributed by atoms with Crippen LogP contribution in [0.1, 0.15) is 44.0 Å². The number of hydrogen-bond donors (Lipinski definition) is 1. The van der Waals surface area contributed by atoms with Crippen LogP contribution >= 0.6 is 0 Å². The first-order chi connectivity index (χ1) is 16.2. The van der Waals surface area contributed by atoms with Crippen LogP contribution in [0.3, 0.4) is 0 Å². The Labute approximate surface area is 192 Å². The third kappa shape index (κ3) is 4.85. The Morgan fingerprint density at radius 2 is 2.03 bits per heavy atom. The molecule has 2 aromatic heterocycles. The summed E-state index contributed by atoms with van der Waals surface area (Å²) in [5.74, 6) is 0.801. The number of halogens is 1. The Kier molecular flexibility index (Phi) is 6.26. The first-order valence-corrected chi connectivity index (χ1v) is 11.4. The molecule has 1 aromatic carbocycles. The summed E-state index contributed by atoms with van der Waals surface area (Å²) in [6, 6.07) is 11.6. The van der Waals surface area contributed by atoms with Crippen molar-refractivity contribution in [1.82, 2.24) is 19.9 Å². The van der Waals surface area contributed by atoms with Crippen molar-refractivity contribution >= 4 is 17.4 Å². The van der Waals surface area contributed by atoms with Crippen molar-refractivity contribution in [3.63, 3.8) is 0 Å². The minimum atomic E-state index is -0.378. The zero-order valence-electron chi connectivity index (χ0n) is 18.3. The van der Waals surface area contributed by atoms with Crippen molar-refractivity contribution in [3.05, 3.63) is 66.5 Å². The zero-order chi connectivity index (χ0) is 22.6. The number of hydrogen-bond acceptors (Lipinski definition) is 6. The van der Waals surface area contributed by atoms with E-state index in [0.29, 0.717) is 36.2 Å². The average Bonchev–Trinajstić information content (AvgIpc) is 3.39. The number of amides is 1. The summed E-state index contributed by atoms with van der Waals surface area (Å²) in [7, 11) is 0. The van der Waals surface area contributed by atoms with Crippen molar-refractivity contribution in [3.8, 4) is 11.3 Å². The van der Waals surface area contributed by atoms with E-state index in [0.717, 1.165) is 37.7 Å². The second kappa shape index (κ2) is 9.62. The molecule has 8 heteroatoms. The van der Waals surface area contributed by atoms with Gasteiger partial charge in [-0.1, -0.05) is 6.07 Å². The number of benzene rings is 1. The first kappa shape index (κ1) is 21.5. The highest BCUT2D eigenvalue weighted by molar-refractivity contribution is 5.81. The fraction of sp³-hybridized carbons (Fsp3) is 0.360. The molecular weight excluding hydrogens is 421 g/mol. The van der Waals surface area contributed by atoms with Gasteiger partial charge in [-0.2, -0.15) is 0 Å². The predicted molar refractivity (Wildman–Crippen MR) is 122 cm³/mol. The molecule has 0 aliphatic carbocycles. The van der Waals surface area contributed by atoms with E-state index in [-0.39, 0.29) is 23.9 Å². The molecule has 2 fully saturated rings. The number of piperidine rings is 1. The van der Waals surface area contributed by atoms with Crippen molar-refractivity contribution < 1.29 is 13.9 Å². The molecule has 4 heterocycles. The van der Waals surface area contributed by atoms with Gasteiger partial charge in [0.1, 0.15) is 17.7 Å². The summed E-state index contributed by atoms with van der Waals surface area (Å²) in [5.41, 5.74) is 2.13. The number of anilines is 2. The van der Waals surface area contributed by atoms with Gasteiger partial charge < -0.3 is 15.0 Å². The highest BCUT2D eigenvalue weighted by atomic mass is 19.1. The van der Waals surface area contributed by atoms with Gasteiger partial charge in [-0.15, -0.1) is 0 Å². The van der Waals surface area contributed by atoms with Gasteiger partial charge in [-0.05, 0) is 62.4 Å². The molecule has 0 bridgehead atoms. The van der Waals surface area contributed by atoms with E-state index in [4.69, 9.17) is 14.7 Å². The number of carbonyl (C=O) groups excluding carboxylic acids is 1. The van der Waals surface area contributed by atoms with Crippen LogP contribution in [0.15, 0.2) is 54.9 Å². The lowest BCUT2D eigenvalue weighted by atomic mass is 9.99. The number of rotatable bonds is 5. The molecule has 2 aliphatic rings. The van der Waals surface area contributed by atoms with Crippen LogP contribution in [0.5, 0.6) is 0 Å². The molecule has 3 aromatic rings. The molecule has 0 unspecified atom stereocenters. The lowest BCUT2D eigenvalue weighted by Crippen LogP contribution is -2.44. The highest BCUT2D eigenvalue weighted by Crippen LogP contribution is 2.33. The van der Waals surface area contributed by atoms with Gasteiger partial charge in [0.2, 0.25) is 0 Å². The molecule has 0 radical (unpaired) electrons. The lowest BCUT2D eigenvalue weighted by molar-refractivity contribution is -0.145. The molecule has 2 atom stereocenters. The Morgan fingerprint density at radius 1 is 1.09 bits per heavy atom. The van der Waals surface area contributed by atoms with Gasteiger partial charge in [0.15, 0.2) is 5.82 Å². The molecule has 2 aliphatic heterocycles. The Balaban J connectivity index is 1.52. The van der Waals surface area contributed by atoms with Gasteiger partial charge in [0.25, 0.3) is 5.91 Å². The maximum Gasteiger partial charge on any atom is 0.252 e. The number of carbonyl (C=O) groups is 1. The van der Waals surface area contributed by atoms with Crippen LogP contribution < -0.4 is 5.32 Å². The van der Waals surface area contributed by atoms with Crippen LogP contribution in [0.25, 0.3) is 11.3 Å². The monoisotopic (exact) mass is 447 g/mol. The van der Waals surface area contributed by atoms with E-state index in [1.807, 2.05) is 23.1 Å². The molecule has 1 N–H and O–H groups in total. The van der Waals surface area contributed by atoms with Gasteiger partial charge >= 0.3 is 0 Å². The largest absolute Gasteiger partial charge is 0.368 e. The second-order valence-corrected chi connectivity index (χ2v) is 8.42. The van der Waals surface area contributed by atoms with Gasteiger partial charge in [-0.25, -0.2) is 14.4 Å². The number of nitrogens with zero attached hydrogens (tertiary/aromatic N) is 4. The van der Waals surface area contributed by atoms with Crippen molar-refractivity contribution in [2.75, 3.05) is 18.5 Å². The van der Waals surface area contributed by atoms with Crippen molar-refractivity contribution in [2.24, 2.45) is 0 Å². The number of pyridine rings is 1. The molecule has 170 valence electrons. The summed E-state index contributed by atoms with van der Waals surface area (Å²) >= 11 is 0.